The van der Waals surface area contributed by atoms with E-state index in [1.807, 2.05) is 35.2 Å². The van der Waals surface area contributed by atoms with E-state index in [1.54, 1.807) is 6.07 Å². The Morgan fingerprint density at radius 1 is 1.11 bits per heavy atom. The predicted molar refractivity (Wildman–Crippen MR) is 104 cm³/mol. The van der Waals surface area contributed by atoms with Gasteiger partial charge in [-0.3, -0.25) is 9.59 Å². The predicted octanol–water partition coefficient (Wildman–Crippen LogP) is 2.79. The molecule has 1 unspecified atom stereocenters. The van der Waals surface area contributed by atoms with Crippen molar-refractivity contribution in [3.8, 4) is 0 Å². The molecule has 6 heteroatoms. The number of benzene rings is 1. The summed E-state index contributed by atoms with van der Waals surface area (Å²) in [5, 5.41) is 3.00. The first kappa shape index (κ1) is 18.7. The van der Waals surface area contributed by atoms with Crippen molar-refractivity contribution in [3.05, 3.63) is 60.1 Å². The molecule has 2 aliphatic rings. The molecular formula is C22H26N2O4. The SMILES string of the molecule is O=C(Cc1ccccc1)NCC1CCC2(CCN(C(=O)c3ccoc3)CC2)O1. The molecule has 1 aromatic heterocycles. The van der Waals surface area contributed by atoms with Gasteiger partial charge in [-0.25, -0.2) is 0 Å². The fraction of sp³-hybridized carbons (Fsp3) is 0.455. The molecule has 1 spiro atoms. The van der Waals surface area contributed by atoms with Crippen LogP contribution in [0.1, 0.15) is 41.6 Å². The van der Waals surface area contributed by atoms with Crippen LogP contribution in [0.25, 0.3) is 0 Å². The van der Waals surface area contributed by atoms with E-state index in [9.17, 15) is 9.59 Å². The number of amides is 2. The molecule has 2 amide bonds. The van der Waals surface area contributed by atoms with Crippen LogP contribution >= 0.6 is 0 Å². The van der Waals surface area contributed by atoms with E-state index in [2.05, 4.69) is 5.32 Å². The van der Waals surface area contributed by atoms with Gasteiger partial charge < -0.3 is 19.4 Å². The van der Waals surface area contributed by atoms with Gasteiger partial charge in [0.15, 0.2) is 0 Å². The lowest BCUT2D eigenvalue weighted by Crippen LogP contribution is -2.47. The number of rotatable bonds is 5. The van der Waals surface area contributed by atoms with Crippen molar-refractivity contribution in [1.82, 2.24) is 10.2 Å². The number of nitrogens with one attached hydrogen (secondary N) is 1. The first-order valence-corrected chi connectivity index (χ1v) is 9.93. The maximum absolute atomic E-state index is 12.4. The minimum Gasteiger partial charge on any atom is -0.472 e. The Kier molecular flexibility index (Phi) is 5.48. The first-order chi connectivity index (χ1) is 13.6. The molecule has 1 atom stereocenters. The van der Waals surface area contributed by atoms with Crippen molar-refractivity contribution in [2.45, 2.75) is 43.8 Å². The Labute approximate surface area is 164 Å². The second-order valence-electron chi connectivity index (χ2n) is 7.73. The van der Waals surface area contributed by atoms with Crippen molar-refractivity contribution in [3.63, 3.8) is 0 Å². The Bertz CT molecular complexity index is 795. The number of furan rings is 1. The van der Waals surface area contributed by atoms with Gasteiger partial charge in [-0.2, -0.15) is 0 Å². The van der Waals surface area contributed by atoms with Gasteiger partial charge in [0.25, 0.3) is 5.91 Å². The molecule has 4 rings (SSSR count). The highest BCUT2D eigenvalue weighted by atomic mass is 16.5. The van der Waals surface area contributed by atoms with E-state index in [4.69, 9.17) is 9.15 Å². The second-order valence-corrected chi connectivity index (χ2v) is 7.73. The summed E-state index contributed by atoms with van der Waals surface area (Å²) >= 11 is 0. The van der Waals surface area contributed by atoms with Crippen LogP contribution in [0.3, 0.4) is 0 Å². The highest BCUT2D eigenvalue weighted by Crippen LogP contribution is 2.39. The van der Waals surface area contributed by atoms with Gasteiger partial charge in [0.2, 0.25) is 5.91 Å². The molecule has 2 aliphatic heterocycles. The van der Waals surface area contributed by atoms with Crippen LogP contribution in [0.5, 0.6) is 0 Å². The van der Waals surface area contributed by atoms with E-state index >= 15 is 0 Å². The first-order valence-electron chi connectivity index (χ1n) is 9.93. The van der Waals surface area contributed by atoms with Crippen LogP contribution in [0.2, 0.25) is 0 Å². The smallest absolute Gasteiger partial charge is 0.257 e. The van der Waals surface area contributed by atoms with E-state index in [1.165, 1.54) is 12.5 Å². The van der Waals surface area contributed by atoms with Gasteiger partial charge in [0, 0.05) is 19.6 Å². The zero-order valence-corrected chi connectivity index (χ0v) is 15.9. The molecule has 0 saturated carbocycles. The standard InChI is InChI=1S/C22H26N2O4/c25-20(14-17-4-2-1-3-5-17)23-15-19-6-8-22(28-19)9-11-24(12-10-22)21(26)18-7-13-27-16-18/h1-5,7,13,16,19H,6,8-12,14-15H2,(H,23,25). The van der Waals surface area contributed by atoms with Crippen LogP contribution in [0.4, 0.5) is 0 Å². The van der Waals surface area contributed by atoms with Gasteiger partial charge in [0.05, 0.1) is 30.0 Å². The number of ether oxygens (including phenoxy) is 1. The molecule has 3 heterocycles. The maximum Gasteiger partial charge on any atom is 0.257 e. The van der Waals surface area contributed by atoms with Gasteiger partial charge in [-0.15, -0.1) is 0 Å². The zero-order chi connectivity index (χ0) is 19.4. The largest absolute Gasteiger partial charge is 0.472 e. The molecule has 0 aliphatic carbocycles. The van der Waals surface area contributed by atoms with E-state index in [-0.39, 0.29) is 23.5 Å². The van der Waals surface area contributed by atoms with Gasteiger partial charge in [-0.1, -0.05) is 30.3 Å². The summed E-state index contributed by atoms with van der Waals surface area (Å²) in [6.45, 7) is 1.93. The molecular weight excluding hydrogens is 356 g/mol. The summed E-state index contributed by atoms with van der Waals surface area (Å²) in [5.74, 6) is 0.0441. The maximum atomic E-state index is 12.4. The minimum atomic E-state index is -0.151. The van der Waals surface area contributed by atoms with Crippen LogP contribution in [0, 0.1) is 0 Å². The van der Waals surface area contributed by atoms with Crippen LogP contribution in [-0.4, -0.2) is 48.1 Å². The summed E-state index contributed by atoms with van der Waals surface area (Å²) in [5.41, 5.74) is 1.46. The van der Waals surface area contributed by atoms with Crippen LogP contribution in [0.15, 0.2) is 53.3 Å². The van der Waals surface area contributed by atoms with Crippen LogP contribution < -0.4 is 5.32 Å². The highest BCUT2D eigenvalue weighted by molar-refractivity contribution is 5.93. The lowest BCUT2D eigenvalue weighted by molar-refractivity contribution is -0.122. The average molecular weight is 382 g/mol. The minimum absolute atomic E-state index is 0.0197. The van der Waals surface area contributed by atoms with Gasteiger partial charge >= 0.3 is 0 Å². The van der Waals surface area contributed by atoms with Crippen molar-refractivity contribution in [1.29, 1.82) is 0 Å². The third kappa shape index (κ3) is 4.28. The number of likely N-dealkylation sites (tertiary alicyclic amines) is 1. The number of carbonyl (C=O) groups is 2. The normalized spacial score (nSPS) is 21.0. The molecule has 2 saturated heterocycles. The third-order valence-corrected chi connectivity index (χ3v) is 5.80. The third-order valence-electron chi connectivity index (χ3n) is 5.80. The summed E-state index contributed by atoms with van der Waals surface area (Å²) < 4.78 is 11.3. The molecule has 1 aromatic carbocycles. The van der Waals surface area contributed by atoms with Gasteiger partial charge in [-0.05, 0) is 37.3 Å². The zero-order valence-electron chi connectivity index (χ0n) is 15.9. The topological polar surface area (TPSA) is 71.8 Å². The molecule has 2 fully saturated rings. The van der Waals surface area contributed by atoms with E-state index < -0.39 is 0 Å². The Hall–Kier alpha value is -2.60. The summed E-state index contributed by atoms with van der Waals surface area (Å²) in [6, 6.07) is 11.4. The van der Waals surface area contributed by atoms with Crippen molar-refractivity contribution >= 4 is 11.8 Å². The average Bonchev–Trinajstić information content (AvgIpc) is 3.38. The summed E-state index contributed by atoms with van der Waals surface area (Å²) in [7, 11) is 0. The fourth-order valence-electron chi connectivity index (χ4n) is 4.16. The number of hydrogen-bond donors (Lipinski definition) is 1. The Morgan fingerprint density at radius 3 is 2.61 bits per heavy atom. The lowest BCUT2D eigenvalue weighted by Gasteiger charge is -2.39. The molecule has 148 valence electrons. The molecule has 1 N–H and O–H groups in total. The quantitative estimate of drug-likeness (QED) is 0.863. The molecule has 0 radical (unpaired) electrons. The second kappa shape index (κ2) is 8.19. The highest BCUT2D eigenvalue weighted by Gasteiger charge is 2.43. The van der Waals surface area contributed by atoms with Crippen molar-refractivity contribution < 1.29 is 18.7 Å². The number of carbonyl (C=O) groups excluding carboxylic acids is 2. The van der Waals surface area contributed by atoms with Gasteiger partial charge in [0.1, 0.15) is 6.26 Å². The number of nitrogens with zero attached hydrogens (tertiary/aromatic N) is 1. The number of hydrogen-bond acceptors (Lipinski definition) is 4. The molecule has 6 nitrogen and oxygen atoms in total. The van der Waals surface area contributed by atoms with E-state index in [0.717, 1.165) is 31.2 Å². The lowest BCUT2D eigenvalue weighted by atomic mass is 9.88. The van der Waals surface area contributed by atoms with Crippen molar-refractivity contribution in [2.24, 2.45) is 0 Å². The Morgan fingerprint density at radius 2 is 1.89 bits per heavy atom. The molecule has 2 aromatic rings. The monoisotopic (exact) mass is 382 g/mol. The van der Waals surface area contributed by atoms with Crippen LogP contribution in [-0.2, 0) is 16.0 Å². The fourth-order valence-corrected chi connectivity index (χ4v) is 4.16. The number of piperidine rings is 1. The molecule has 28 heavy (non-hydrogen) atoms. The summed E-state index contributed by atoms with van der Waals surface area (Å²) in [6.07, 6.45) is 7.07. The van der Waals surface area contributed by atoms with E-state index in [0.29, 0.717) is 31.6 Å². The van der Waals surface area contributed by atoms with Crippen molar-refractivity contribution in [2.75, 3.05) is 19.6 Å². The molecule has 0 bridgehead atoms. The summed E-state index contributed by atoms with van der Waals surface area (Å²) in [4.78, 5) is 26.5. The Balaban J connectivity index is 1.22.